The van der Waals surface area contributed by atoms with Gasteiger partial charge in [0.15, 0.2) is 11.5 Å². The molecule has 1 aromatic rings. The second-order valence-electron chi connectivity index (χ2n) is 5.93. The number of nitrogens with zero attached hydrogens (tertiary/aromatic N) is 2. The van der Waals surface area contributed by atoms with Gasteiger partial charge in [0.1, 0.15) is 0 Å². The lowest BCUT2D eigenvalue weighted by atomic mass is 10.1. The normalized spacial score (nSPS) is 24.2. The van der Waals surface area contributed by atoms with Crippen LogP contribution in [0.4, 0.5) is 0 Å². The van der Waals surface area contributed by atoms with Crippen LogP contribution in [0.5, 0.6) is 11.5 Å². The monoisotopic (exact) mass is 292 g/mol. The molecule has 116 valence electrons. The van der Waals surface area contributed by atoms with E-state index in [1.807, 2.05) is 18.2 Å². The van der Waals surface area contributed by atoms with Gasteiger partial charge in [-0.25, -0.2) is 0 Å². The molecule has 0 aromatic heterocycles. The van der Waals surface area contributed by atoms with Crippen molar-refractivity contribution in [1.29, 1.82) is 0 Å². The van der Waals surface area contributed by atoms with Crippen LogP contribution in [0.1, 0.15) is 25.0 Å². The van der Waals surface area contributed by atoms with Crippen LogP contribution >= 0.6 is 0 Å². The number of ether oxygens (including phenoxy) is 2. The summed E-state index contributed by atoms with van der Waals surface area (Å²) in [5.41, 5.74) is 0.895. The first-order chi connectivity index (χ1) is 10.2. The minimum Gasteiger partial charge on any atom is -0.454 e. The van der Waals surface area contributed by atoms with Crippen LogP contribution in [0.25, 0.3) is 0 Å². The second-order valence-corrected chi connectivity index (χ2v) is 5.93. The lowest BCUT2D eigenvalue weighted by Crippen LogP contribution is -2.51. The first-order valence-corrected chi connectivity index (χ1v) is 7.67. The smallest absolute Gasteiger partial charge is 0.231 e. The molecule has 2 aliphatic rings. The van der Waals surface area contributed by atoms with Gasteiger partial charge in [-0.2, -0.15) is 0 Å². The molecule has 1 N–H and O–H groups in total. The van der Waals surface area contributed by atoms with Crippen molar-refractivity contribution >= 4 is 0 Å². The van der Waals surface area contributed by atoms with Gasteiger partial charge in [0.2, 0.25) is 6.79 Å². The molecule has 2 atom stereocenters. The van der Waals surface area contributed by atoms with Crippen molar-refractivity contribution in [2.24, 2.45) is 0 Å². The topological polar surface area (TPSA) is 45.2 Å². The summed E-state index contributed by atoms with van der Waals surface area (Å²) >= 11 is 0. The van der Waals surface area contributed by atoms with Gasteiger partial charge in [-0.05, 0) is 31.2 Å². The summed E-state index contributed by atoms with van der Waals surface area (Å²) in [5, 5.41) is 10.5. The number of rotatable bonds is 4. The molecule has 2 unspecified atom stereocenters. The lowest BCUT2D eigenvalue weighted by molar-refractivity contribution is 0.0502. The van der Waals surface area contributed by atoms with Crippen molar-refractivity contribution < 1.29 is 14.6 Å². The highest BCUT2D eigenvalue weighted by atomic mass is 16.7. The molecule has 1 saturated heterocycles. The predicted octanol–water partition coefficient (Wildman–Crippen LogP) is 1.47. The Balaban J connectivity index is 1.62. The highest BCUT2D eigenvalue weighted by molar-refractivity contribution is 5.45. The molecule has 2 aliphatic heterocycles. The third kappa shape index (κ3) is 3.15. The Hall–Kier alpha value is -1.30. The molecule has 5 heteroatoms. The molecule has 1 fully saturated rings. The maximum Gasteiger partial charge on any atom is 0.231 e. The van der Waals surface area contributed by atoms with E-state index in [4.69, 9.17) is 9.47 Å². The molecule has 0 bridgehead atoms. The van der Waals surface area contributed by atoms with E-state index in [0.717, 1.165) is 43.1 Å². The van der Waals surface area contributed by atoms with E-state index in [9.17, 15) is 5.11 Å². The third-order valence-corrected chi connectivity index (χ3v) is 4.55. The number of hydrogen-bond acceptors (Lipinski definition) is 5. The number of piperazine rings is 1. The van der Waals surface area contributed by atoms with E-state index in [1.54, 1.807) is 0 Å². The Morgan fingerprint density at radius 3 is 2.90 bits per heavy atom. The number of benzene rings is 1. The van der Waals surface area contributed by atoms with Gasteiger partial charge in [0.25, 0.3) is 0 Å². The number of aliphatic hydroxyl groups excluding tert-OH is 1. The maximum absolute atomic E-state index is 10.5. The van der Waals surface area contributed by atoms with E-state index in [2.05, 4.69) is 23.8 Å². The molecule has 1 aromatic carbocycles. The summed E-state index contributed by atoms with van der Waals surface area (Å²) in [4.78, 5) is 4.76. The Kier molecular flexibility index (Phi) is 4.33. The Morgan fingerprint density at radius 1 is 1.29 bits per heavy atom. The van der Waals surface area contributed by atoms with Crippen LogP contribution in [0.15, 0.2) is 18.2 Å². The van der Waals surface area contributed by atoms with Gasteiger partial charge < -0.3 is 19.5 Å². The van der Waals surface area contributed by atoms with Crippen molar-refractivity contribution in [2.75, 3.05) is 40.0 Å². The Labute approximate surface area is 126 Å². The van der Waals surface area contributed by atoms with Gasteiger partial charge in [-0.15, -0.1) is 0 Å². The predicted molar refractivity (Wildman–Crippen MR) is 80.7 cm³/mol. The standard InChI is InChI=1S/C16H24N2O3/c1-3-13-9-18(7-6-17(13)2)10-14(19)12-4-5-15-16(8-12)21-11-20-15/h4-5,8,13-14,19H,3,6-7,9-11H2,1-2H3. The zero-order chi connectivity index (χ0) is 14.8. The van der Waals surface area contributed by atoms with Crippen LogP contribution in [0.2, 0.25) is 0 Å². The van der Waals surface area contributed by atoms with Crippen molar-refractivity contribution in [2.45, 2.75) is 25.5 Å². The highest BCUT2D eigenvalue weighted by Gasteiger charge is 2.25. The molecule has 0 radical (unpaired) electrons. The van der Waals surface area contributed by atoms with Crippen molar-refractivity contribution in [1.82, 2.24) is 9.80 Å². The second kappa shape index (κ2) is 6.22. The van der Waals surface area contributed by atoms with E-state index in [1.165, 1.54) is 0 Å². The fourth-order valence-corrected chi connectivity index (χ4v) is 3.09. The van der Waals surface area contributed by atoms with Crippen LogP contribution in [0.3, 0.4) is 0 Å². The van der Waals surface area contributed by atoms with E-state index in [0.29, 0.717) is 12.6 Å². The number of fused-ring (bicyclic) bond motifs is 1. The van der Waals surface area contributed by atoms with Gasteiger partial charge in [-0.3, -0.25) is 4.90 Å². The van der Waals surface area contributed by atoms with E-state index < -0.39 is 6.10 Å². The van der Waals surface area contributed by atoms with E-state index in [-0.39, 0.29) is 6.79 Å². The fraction of sp³-hybridized carbons (Fsp3) is 0.625. The first kappa shape index (κ1) is 14.6. The largest absolute Gasteiger partial charge is 0.454 e. The first-order valence-electron chi connectivity index (χ1n) is 7.67. The highest BCUT2D eigenvalue weighted by Crippen LogP contribution is 2.34. The molecule has 0 amide bonds. The Morgan fingerprint density at radius 2 is 2.10 bits per heavy atom. The molecule has 2 heterocycles. The summed E-state index contributed by atoms with van der Waals surface area (Å²) < 4.78 is 10.7. The van der Waals surface area contributed by atoms with Gasteiger partial charge >= 0.3 is 0 Å². The number of aliphatic hydroxyl groups is 1. The molecule has 0 spiro atoms. The molecule has 5 nitrogen and oxygen atoms in total. The average Bonchev–Trinajstić information content (AvgIpc) is 2.96. The number of β-amino-alcohol motifs (C(OH)–C–C–N with tert-alkyl or cyclic N) is 1. The SMILES string of the molecule is CCC1CN(CC(O)c2ccc3c(c2)OCO3)CCN1C. The van der Waals surface area contributed by atoms with Crippen molar-refractivity contribution in [3.05, 3.63) is 23.8 Å². The summed E-state index contributed by atoms with van der Waals surface area (Å²) in [6, 6.07) is 6.27. The van der Waals surface area contributed by atoms with Crippen LogP contribution < -0.4 is 9.47 Å². The molecule has 3 rings (SSSR count). The van der Waals surface area contributed by atoms with Crippen LogP contribution in [0, 0.1) is 0 Å². The maximum atomic E-state index is 10.5. The number of hydrogen-bond donors (Lipinski definition) is 1. The average molecular weight is 292 g/mol. The molecule has 21 heavy (non-hydrogen) atoms. The fourth-order valence-electron chi connectivity index (χ4n) is 3.09. The molecular weight excluding hydrogens is 268 g/mol. The quantitative estimate of drug-likeness (QED) is 0.910. The van der Waals surface area contributed by atoms with Crippen molar-refractivity contribution in [3.63, 3.8) is 0 Å². The van der Waals surface area contributed by atoms with Crippen LogP contribution in [-0.2, 0) is 0 Å². The van der Waals surface area contributed by atoms with E-state index >= 15 is 0 Å². The molecule has 0 aliphatic carbocycles. The summed E-state index contributed by atoms with van der Waals surface area (Å²) in [5.74, 6) is 1.49. The molecular formula is C16H24N2O3. The van der Waals surface area contributed by atoms with Crippen molar-refractivity contribution in [3.8, 4) is 11.5 Å². The van der Waals surface area contributed by atoms with Gasteiger partial charge in [0.05, 0.1) is 6.10 Å². The third-order valence-electron chi connectivity index (χ3n) is 4.55. The summed E-state index contributed by atoms with van der Waals surface area (Å²) in [6.07, 6.45) is 0.660. The summed E-state index contributed by atoms with van der Waals surface area (Å²) in [6.45, 7) is 6.25. The minimum absolute atomic E-state index is 0.269. The number of likely N-dealkylation sites (N-methyl/N-ethyl adjacent to an activating group) is 1. The Bertz CT molecular complexity index is 494. The lowest BCUT2D eigenvalue weighted by Gasteiger charge is -2.39. The summed E-state index contributed by atoms with van der Waals surface area (Å²) in [7, 11) is 2.18. The van der Waals surface area contributed by atoms with Gasteiger partial charge in [0, 0.05) is 32.2 Å². The minimum atomic E-state index is -0.486. The zero-order valence-electron chi connectivity index (χ0n) is 12.8. The van der Waals surface area contributed by atoms with Gasteiger partial charge in [-0.1, -0.05) is 13.0 Å². The molecule has 0 saturated carbocycles. The van der Waals surface area contributed by atoms with Crippen LogP contribution in [-0.4, -0.2) is 61.0 Å². The zero-order valence-corrected chi connectivity index (χ0v) is 12.8.